The molecule has 0 aliphatic carbocycles. The number of aromatic nitrogens is 1. The molecule has 0 spiro atoms. The van der Waals surface area contributed by atoms with Crippen molar-refractivity contribution < 1.29 is 22.7 Å². The molecule has 0 amide bonds. The van der Waals surface area contributed by atoms with Crippen molar-refractivity contribution in [3.63, 3.8) is 0 Å². The van der Waals surface area contributed by atoms with Crippen LogP contribution in [-0.2, 0) is 6.18 Å². The quantitative estimate of drug-likeness (QED) is 0.832. The summed E-state index contributed by atoms with van der Waals surface area (Å²) in [5, 5.41) is 9.12. The fourth-order valence-corrected chi connectivity index (χ4v) is 2.20. The number of alkyl halides is 3. The van der Waals surface area contributed by atoms with Gasteiger partial charge in [0, 0.05) is 12.7 Å². The average Bonchev–Trinajstić information content (AvgIpc) is 2.75. The van der Waals surface area contributed by atoms with Crippen molar-refractivity contribution in [2.45, 2.75) is 25.1 Å². The molecule has 0 bridgehead atoms. The molecule has 1 aromatic rings. The molecular weight excluding hydrogens is 252 g/mol. The van der Waals surface area contributed by atoms with Crippen LogP contribution in [0.4, 0.5) is 23.2 Å². The molecule has 100 valence electrons. The molecular formula is C11H12F4N2O. The van der Waals surface area contributed by atoms with Crippen LogP contribution in [0.25, 0.3) is 0 Å². The van der Waals surface area contributed by atoms with E-state index in [1.54, 1.807) is 0 Å². The number of hydrogen-bond acceptors (Lipinski definition) is 3. The number of halogens is 4. The lowest BCUT2D eigenvalue weighted by atomic mass is 10.2. The van der Waals surface area contributed by atoms with Gasteiger partial charge in [0.25, 0.3) is 0 Å². The Hall–Kier alpha value is -1.37. The third-order valence-electron chi connectivity index (χ3n) is 3.03. The Morgan fingerprint density at radius 2 is 2.17 bits per heavy atom. The molecule has 1 atom stereocenters. The second-order valence-corrected chi connectivity index (χ2v) is 4.16. The van der Waals surface area contributed by atoms with Crippen LogP contribution in [0.5, 0.6) is 0 Å². The van der Waals surface area contributed by atoms with Gasteiger partial charge in [0.2, 0.25) is 0 Å². The van der Waals surface area contributed by atoms with Crippen LogP contribution in [-0.4, -0.2) is 29.3 Å². The van der Waals surface area contributed by atoms with E-state index in [0.717, 1.165) is 6.20 Å². The lowest BCUT2D eigenvalue weighted by molar-refractivity contribution is -0.143. The summed E-state index contributed by atoms with van der Waals surface area (Å²) in [5.41, 5.74) is -1.66. The molecule has 2 heterocycles. The maximum atomic E-state index is 13.8. The SMILES string of the molecule is OC[C@H]1CCCN1c1ccnc(C(F)(F)F)c1F. The van der Waals surface area contributed by atoms with Crippen molar-refractivity contribution in [1.82, 2.24) is 4.98 Å². The van der Waals surface area contributed by atoms with Crippen molar-refractivity contribution in [2.24, 2.45) is 0 Å². The maximum absolute atomic E-state index is 13.8. The predicted molar refractivity (Wildman–Crippen MR) is 56.7 cm³/mol. The lowest BCUT2D eigenvalue weighted by Gasteiger charge is -2.26. The zero-order valence-electron chi connectivity index (χ0n) is 9.41. The molecule has 2 rings (SSSR count). The maximum Gasteiger partial charge on any atom is 0.436 e. The highest BCUT2D eigenvalue weighted by molar-refractivity contribution is 5.50. The van der Waals surface area contributed by atoms with Crippen LogP contribution in [0.1, 0.15) is 18.5 Å². The van der Waals surface area contributed by atoms with E-state index < -0.39 is 17.7 Å². The number of aliphatic hydroxyl groups excluding tert-OH is 1. The smallest absolute Gasteiger partial charge is 0.394 e. The Kier molecular flexibility index (Phi) is 3.43. The Balaban J connectivity index is 2.40. The van der Waals surface area contributed by atoms with Gasteiger partial charge in [-0.15, -0.1) is 0 Å². The van der Waals surface area contributed by atoms with E-state index in [9.17, 15) is 17.6 Å². The van der Waals surface area contributed by atoms with Crippen molar-refractivity contribution in [3.05, 3.63) is 23.8 Å². The van der Waals surface area contributed by atoms with Crippen LogP contribution < -0.4 is 4.90 Å². The van der Waals surface area contributed by atoms with Gasteiger partial charge in [-0.2, -0.15) is 13.2 Å². The first-order valence-electron chi connectivity index (χ1n) is 5.54. The Morgan fingerprint density at radius 3 is 2.78 bits per heavy atom. The normalized spacial score (nSPS) is 20.5. The van der Waals surface area contributed by atoms with E-state index in [2.05, 4.69) is 4.98 Å². The van der Waals surface area contributed by atoms with Crippen LogP contribution in [0.2, 0.25) is 0 Å². The van der Waals surface area contributed by atoms with Gasteiger partial charge in [-0.3, -0.25) is 0 Å². The lowest BCUT2D eigenvalue weighted by Crippen LogP contribution is -2.33. The molecule has 18 heavy (non-hydrogen) atoms. The molecule has 1 fully saturated rings. The zero-order valence-corrected chi connectivity index (χ0v) is 9.41. The van der Waals surface area contributed by atoms with E-state index in [-0.39, 0.29) is 18.3 Å². The summed E-state index contributed by atoms with van der Waals surface area (Å²) < 4.78 is 51.4. The number of nitrogens with zero attached hydrogens (tertiary/aromatic N) is 2. The molecule has 1 saturated heterocycles. The summed E-state index contributed by atoms with van der Waals surface area (Å²) in [4.78, 5) is 4.51. The van der Waals surface area contributed by atoms with Gasteiger partial charge in [-0.25, -0.2) is 9.37 Å². The molecule has 0 unspecified atom stereocenters. The molecule has 0 radical (unpaired) electrons. The third-order valence-corrected chi connectivity index (χ3v) is 3.03. The van der Waals surface area contributed by atoms with E-state index in [0.29, 0.717) is 19.4 Å². The topological polar surface area (TPSA) is 36.4 Å². The molecule has 3 nitrogen and oxygen atoms in total. The van der Waals surface area contributed by atoms with Gasteiger partial charge in [0.1, 0.15) is 0 Å². The summed E-state index contributed by atoms with van der Waals surface area (Å²) in [7, 11) is 0. The summed E-state index contributed by atoms with van der Waals surface area (Å²) in [6, 6.07) is 0.876. The molecule has 1 N–H and O–H groups in total. The van der Waals surface area contributed by atoms with Gasteiger partial charge < -0.3 is 10.0 Å². The summed E-state index contributed by atoms with van der Waals surface area (Å²) in [5.74, 6) is -1.37. The van der Waals surface area contributed by atoms with E-state index in [1.807, 2.05) is 0 Å². The largest absolute Gasteiger partial charge is 0.436 e. The third kappa shape index (κ3) is 2.27. The first-order chi connectivity index (χ1) is 8.45. The number of aliphatic hydroxyl groups is 1. The molecule has 1 aromatic heterocycles. The average molecular weight is 264 g/mol. The zero-order chi connectivity index (χ0) is 13.3. The van der Waals surface area contributed by atoms with E-state index in [4.69, 9.17) is 5.11 Å². The highest BCUT2D eigenvalue weighted by Crippen LogP contribution is 2.35. The number of hydrogen-bond donors (Lipinski definition) is 1. The Labute approximate surface area is 101 Å². The Morgan fingerprint density at radius 1 is 1.44 bits per heavy atom. The number of pyridine rings is 1. The van der Waals surface area contributed by atoms with E-state index in [1.165, 1.54) is 11.0 Å². The van der Waals surface area contributed by atoms with Crippen LogP contribution in [0.15, 0.2) is 12.3 Å². The number of anilines is 1. The van der Waals surface area contributed by atoms with Crippen LogP contribution in [0.3, 0.4) is 0 Å². The standard InChI is InChI=1S/C11H12F4N2O/c12-9-8(17-5-1-2-7(17)6-18)3-4-16-10(9)11(13,14)15/h3-4,7,18H,1-2,5-6H2/t7-/m1/s1. The highest BCUT2D eigenvalue weighted by Gasteiger charge is 2.38. The first kappa shape index (κ1) is 13.1. The second-order valence-electron chi connectivity index (χ2n) is 4.16. The summed E-state index contributed by atoms with van der Waals surface area (Å²) >= 11 is 0. The molecule has 7 heteroatoms. The van der Waals surface area contributed by atoms with Gasteiger partial charge in [0.05, 0.1) is 18.3 Å². The minimum atomic E-state index is -4.81. The van der Waals surface area contributed by atoms with Gasteiger partial charge >= 0.3 is 6.18 Å². The predicted octanol–water partition coefficient (Wildman–Crippen LogP) is 2.20. The molecule has 0 saturated carbocycles. The van der Waals surface area contributed by atoms with Crippen molar-refractivity contribution in [2.75, 3.05) is 18.1 Å². The van der Waals surface area contributed by atoms with E-state index >= 15 is 0 Å². The van der Waals surface area contributed by atoms with Gasteiger partial charge in [0.15, 0.2) is 11.5 Å². The monoisotopic (exact) mass is 264 g/mol. The first-order valence-corrected chi connectivity index (χ1v) is 5.54. The minimum absolute atomic E-state index is 0.145. The van der Waals surface area contributed by atoms with Crippen LogP contribution >= 0.6 is 0 Å². The molecule has 1 aliphatic rings. The van der Waals surface area contributed by atoms with Gasteiger partial charge in [-0.05, 0) is 18.9 Å². The summed E-state index contributed by atoms with van der Waals surface area (Å²) in [6.07, 6.45) is -2.52. The highest BCUT2D eigenvalue weighted by atomic mass is 19.4. The molecule has 1 aliphatic heterocycles. The number of rotatable bonds is 2. The molecule has 0 aromatic carbocycles. The van der Waals surface area contributed by atoms with Crippen molar-refractivity contribution in [3.8, 4) is 0 Å². The van der Waals surface area contributed by atoms with Crippen molar-refractivity contribution >= 4 is 5.69 Å². The van der Waals surface area contributed by atoms with Gasteiger partial charge in [-0.1, -0.05) is 0 Å². The fraction of sp³-hybridized carbons (Fsp3) is 0.545. The van der Waals surface area contributed by atoms with Crippen molar-refractivity contribution in [1.29, 1.82) is 0 Å². The fourth-order valence-electron chi connectivity index (χ4n) is 2.20. The second kappa shape index (κ2) is 4.72. The summed E-state index contributed by atoms with van der Waals surface area (Å²) in [6.45, 7) is 0.229. The minimum Gasteiger partial charge on any atom is -0.394 e. The van der Waals surface area contributed by atoms with Crippen LogP contribution in [0, 0.1) is 5.82 Å². The Bertz CT molecular complexity index is 436.